The number of nitrogens with two attached hydrogens (primary N) is 1. The second kappa shape index (κ2) is 9.25. The number of alkyl halides is 3. The van der Waals surface area contributed by atoms with Gasteiger partial charge in [-0.25, -0.2) is 13.8 Å². The zero-order valence-electron chi connectivity index (χ0n) is 19.6. The molecule has 2 N–H and O–H groups in total. The van der Waals surface area contributed by atoms with E-state index in [9.17, 15) is 26.7 Å². The fourth-order valence-corrected chi connectivity index (χ4v) is 4.36. The van der Waals surface area contributed by atoms with Crippen molar-refractivity contribution in [1.82, 2.24) is 14.4 Å². The fourth-order valence-electron chi connectivity index (χ4n) is 4.36. The van der Waals surface area contributed by atoms with Crippen LogP contribution < -0.4 is 10.5 Å². The van der Waals surface area contributed by atoms with E-state index in [1.54, 1.807) is 29.7 Å². The van der Waals surface area contributed by atoms with Gasteiger partial charge in [-0.15, -0.1) is 13.2 Å². The Morgan fingerprint density at radius 2 is 1.63 bits per heavy atom. The summed E-state index contributed by atoms with van der Waals surface area (Å²) in [6, 6.07) is 12.1. The summed E-state index contributed by atoms with van der Waals surface area (Å²) < 4.78 is 71.9. The molecule has 1 amide bonds. The molecule has 0 fully saturated rings. The van der Waals surface area contributed by atoms with Crippen LogP contribution in [0.25, 0.3) is 39.2 Å². The first-order valence-electron chi connectivity index (χ1n) is 11.1. The van der Waals surface area contributed by atoms with Crippen molar-refractivity contribution in [1.29, 1.82) is 0 Å². The Hall–Kier alpha value is -4.80. The molecule has 0 saturated carbocycles. The number of aryl methyl sites for hydroxylation is 1. The number of ether oxygens (including phenoxy) is 1. The Labute approximate surface area is 212 Å². The van der Waals surface area contributed by atoms with Gasteiger partial charge in [-0.05, 0) is 42.8 Å². The molecule has 0 bridgehead atoms. The van der Waals surface area contributed by atoms with Gasteiger partial charge in [0.1, 0.15) is 11.6 Å². The summed E-state index contributed by atoms with van der Waals surface area (Å²) in [6.45, 7) is 1.58. The summed E-state index contributed by atoms with van der Waals surface area (Å²) in [5.41, 5.74) is 8.15. The van der Waals surface area contributed by atoms with Crippen LogP contribution in [-0.2, 0) is 0 Å². The van der Waals surface area contributed by atoms with E-state index in [0.717, 1.165) is 18.2 Å². The molecular weight excluding hydrogens is 507 g/mol. The molecule has 0 aliphatic rings. The van der Waals surface area contributed by atoms with Crippen molar-refractivity contribution in [2.75, 3.05) is 0 Å². The van der Waals surface area contributed by atoms with Gasteiger partial charge in [0.05, 0.1) is 28.5 Å². The minimum Gasteiger partial charge on any atom is -0.406 e. The van der Waals surface area contributed by atoms with Gasteiger partial charge in [-0.2, -0.15) is 0 Å². The highest BCUT2D eigenvalue weighted by molar-refractivity contribution is 6.06. The van der Waals surface area contributed by atoms with E-state index in [1.165, 1.54) is 36.7 Å². The quantitative estimate of drug-likeness (QED) is 0.273. The van der Waals surface area contributed by atoms with Crippen molar-refractivity contribution in [3.8, 4) is 39.4 Å². The number of amides is 1. The first-order chi connectivity index (χ1) is 18.0. The van der Waals surface area contributed by atoms with Gasteiger partial charge in [-0.1, -0.05) is 24.3 Å². The highest BCUT2D eigenvalue weighted by Crippen LogP contribution is 2.39. The molecule has 0 aliphatic carbocycles. The van der Waals surface area contributed by atoms with Crippen LogP contribution in [0.3, 0.4) is 0 Å². The van der Waals surface area contributed by atoms with E-state index in [2.05, 4.69) is 14.7 Å². The molecule has 0 unspecified atom stereocenters. The third-order valence-corrected chi connectivity index (χ3v) is 5.94. The van der Waals surface area contributed by atoms with Crippen LogP contribution in [-0.4, -0.2) is 26.6 Å². The maximum atomic E-state index is 14.6. The fraction of sp³-hybridized carbons (Fsp3) is 0.0741. The van der Waals surface area contributed by atoms with Gasteiger partial charge in [-0.3, -0.25) is 14.2 Å². The van der Waals surface area contributed by atoms with Crippen LogP contribution in [0.15, 0.2) is 73.2 Å². The van der Waals surface area contributed by atoms with Crippen molar-refractivity contribution in [2.24, 2.45) is 5.73 Å². The molecule has 5 aromatic rings. The summed E-state index contributed by atoms with van der Waals surface area (Å²) in [5.74, 6) is -3.16. The molecule has 2 aromatic carbocycles. The Morgan fingerprint density at radius 3 is 2.32 bits per heavy atom. The molecule has 0 saturated heterocycles. The van der Waals surface area contributed by atoms with Crippen molar-refractivity contribution in [2.45, 2.75) is 13.3 Å². The van der Waals surface area contributed by atoms with Gasteiger partial charge in [0.15, 0.2) is 11.6 Å². The Balaban J connectivity index is 1.73. The van der Waals surface area contributed by atoms with Crippen LogP contribution >= 0.6 is 0 Å². The number of imidazole rings is 1. The summed E-state index contributed by atoms with van der Waals surface area (Å²) >= 11 is 0. The molecule has 11 heteroatoms. The van der Waals surface area contributed by atoms with E-state index >= 15 is 0 Å². The SMILES string of the molecule is Cc1ncc(-c2cccn3c(-c4cccc(F)c4F)ncc23)c(-c2ccc(OC(F)(F)F)cc2)c1C(N)=O. The second-order valence-electron chi connectivity index (χ2n) is 8.30. The first-order valence-corrected chi connectivity index (χ1v) is 11.1. The number of carbonyl (C=O) groups excluding carboxylic acids is 1. The standard InChI is InChI=1S/C27H17F5N4O2/c1-14-22(25(33)37)23(15-7-9-16(10-8-15)38-27(30,31)32)19(12-34-14)17-5-3-11-36-21(17)13-35-26(36)18-4-2-6-20(28)24(18)29/h2-13H,1H3,(H2,33,37). The third kappa shape index (κ3) is 4.42. The third-order valence-electron chi connectivity index (χ3n) is 5.94. The van der Waals surface area contributed by atoms with Crippen LogP contribution in [0.5, 0.6) is 5.75 Å². The van der Waals surface area contributed by atoms with Gasteiger partial charge >= 0.3 is 6.36 Å². The highest BCUT2D eigenvalue weighted by atomic mass is 19.4. The molecule has 192 valence electrons. The topological polar surface area (TPSA) is 82.5 Å². The molecular formula is C27H17F5N4O2. The summed E-state index contributed by atoms with van der Waals surface area (Å²) in [5, 5.41) is 0. The highest BCUT2D eigenvalue weighted by Gasteiger charge is 2.31. The number of nitrogens with zero attached hydrogens (tertiary/aromatic N) is 3. The van der Waals surface area contributed by atoms with Gasteiger partial charge in [0.2, 0.25) is 0 Å². The number of hydrogen-bond acceptors (Lipinski definition) is 4. The Morgan fingerprint density at radius 1 is 0.921 bits per heavy atom. The molecule has 5 rings (SSSR count). The van der Waals surface area contributed by atoms with E-state index in [4.69, 9.17) is 5.73 Å². The van der Waals surface area contributed by atoms with E-state index in [0.29, 0.717) is 33.5 Å². The monoisotopic (exact) mass is 524 g/mol. The number of aromatic nitrogens is 3. The molecule has 0 aliphatic heterocycles. The van der Waals surface area contributed by atoms with E-state index < -0.39 is 29.7 Å². The number of fused-ring (bicyclic) bond motifs is 1. The average molecular weight is 524 g/mol. The van der Waals surface area contributed by atoms with Crippen LogP contribution in [0.1, 0.15) is 16.1 Å². The molecule has 0 atom stereocenters. The Bertz CT molecular complexity index is 1700. The van der Waals surface area contributed by atoms with Gasteiger partial charge < -0.3 is 10.5 Å². The zero-order valence-corrected chi connectivity index (χ0v) is 19.6. The lowest BCUT2D eigenvalue weighted by Crippen LogP contribution is -2.17. The first kappa shape index (κ1) is 24.9. The second-order valence-corrected chi connectivity index (χ2v) is 8.30. The molecule has 38 heavy (non-hydrogen) atoms. The number of hydrogen-bond donors (Lipinski definition) is 1. The van der Waals surface area contributed by atoms with Crippen LogP contribution in [0, 0.1) is 18.6 Å². The lowest BCUT2D eigenvalue weighted by Gasteiger charge is -2.17. The van der Waals surface area contributed by atoms with Crippen LogP contribution in [0.2, 0.25) is 0 Å². The number of primary amides is 1. The smallest absolute Gasteiger partial charge is 0.406 e. The predicted octanol–water partition coefficient (Wildman–Crippen LogP) is 6.31. The number of carbonyl (C=O) groups is 1. The minimum atomic E-state index is -4.87. The summed E-state index contributed by atoms with van der Waals surface area (Å²) in [6.07, 6.45) is -0.287. The number of halogens is 5. The zero-order chi connectivity index (χ0) is 27.2. The largest absolute Gasteiger partial charge is 0.573 e. The predicted molar refractivity (Wildman–Crippen MR) is 129 cm³/mol. The maximum absolute atomic E-state index is 14.6. The number of pyridine rings is 2. The molecule has 0 radical (unpaired) electrons. The van der Waals surface area contributed by atoms with Gasteiger partial charge in [0, 0.05) is 29.1 Å². The summed E-state index contributed by atoms with van der Waals surface area (Å²) in [4.78, 5) is 21.1. The molecule has 3 heterocycles. The molecule has 3 aromatic heterocycles. The van der Waals surface area contributed by atoms with E-state index in [1.807, 2.05) is 0 Å². The minimum absolute atomic E-state index is 0.0533. The Kier molecular flexibility index (Phi) is 6.06. The van der Waals surface area contributed by atoms with Crippen molar-refractivity contribution >= 4 is 11.4 Å². The van der Waals surface area contributed by atoms with Gasteiger partial charge in [0.25, 0.3) is 5.91 Å². The maximum Gasteiger partial charge on any atom is 0.573 e. The lowest BCUT2D eigenvalue weighted by atomic mass is 9.90. The van der Waals surface area contributed by atoms with Crippen LogP contribution in [0.4, 0.5) is 22.0 Å². The summed E-state index contributed by atoms with van der Waals surface area (Å²) in [7, 11) is 0. The van der Waals surface area contributed by atoms with Crippen molar-refractivity contribution < 1.29 is 31.5 Å². The average Bonchev–Trinajstić information content (AvgIpc) is 3.29. The molecule has 0 spiro atoms. The normalized spacial score (nSPS) is 11.6. The molecule has 6 nitrogen and oxygen atoms in total. The number of benzene rings is 2. The lowest BCUT2D eigenvalue weighted by molar-refractivity contribution is -0.274. The number of rotatable bonds is 5. The van der Waals surface area contributed by atoms with Crippen molar-refractivity contribution in [3.63, 3.8) is 0 Å². The van der Waals surface area contributed by atoms with E-state index in [-0.39, 0.29) is 17.0 Å². The van der Waals surface area contributed by atoms with Crippen molar-refractivity contribution in [3.05, 3.63) is 96.1 Å².